The number of benzene rings is 1. The summed E-state index contributed by atoms with van der Waals surface area (Å²) in [5, 5.41) is 26.2. The summed E-state index contributed by atoms with van der Waals surface area (Å²) in [4.78, 5) is 76.2. The zero-order valence-electron chi connectivity index (χ0n) is 22.3. The Labute approximate surface area is 230 Å². The van der Waals surface area contributed by atoms with Crippen LogP contribution in [0, 0.1) is 5.92 Å². The molecule has 0 spiro atoms. The number of rotatable bonds is 16. The van der Waals surface area contributed by atoms with E-state index in [0.29, 0.717) is 12.0 Å². The molecule has 2 rings (SSSR count). The topological polar surface area (TPSA) is 247 Å². The Balaban J connectivity index is 2.32. The van der Waals surface area contributed by atoms with E-state index in [-0.39, 0.29) is 25.2 Å². The number of carboxylic acid groups (broad SMARTS) is 2. The van der Waals surface area contributed by atoms with Crippen molar-refractivity contribution in [3.63, 3.8) is 0 Å². The lowest BCUT2D eigenvalue weighted by Gasteiger charge is -2.25. The molecule has 1 aromatic carbocycles. The maximum atomic E-state index is 13.5. The molecule has 14 heteroatoms. The Morgan fingerprint density at radius 3 is 2.10 bits per heavy atom. The molecule has 0 aliphatic rings. The van der Waals surface area contributed by atoms with Gasteiger partial charge in [-0.1, -0.05) is 32.0 Å². The second-order valence-corrected chi connectivity index (χ2v) is 9.92. The molecular weight excluding hydrogens is 524 g/mol. The van der Waals surface area contributed by atoms with Gasteiger partial charge in [0, 0.05) is 29.9 Å². The second kappa shape index (κ2) is 14.6. The van der Waals surface area contributed by atoms with E-state index in [1.54, 1.807) is 6.20 Å². The number of carbonyl (C=O) groups excluding carboxylic acids is 4. The number of aromatic amines is 1. The van der Waals surface area contributed by atoms with Crippen molar-refractivity contribution in [1.82, 2.24) is 20.9 Å². The first-order chi connectivity index (χ1) is 18.8. The summed E-state index contributed by atoms with van der Waals surface area (Å²) >= 11 is 0. The normalized spacial score (nSPS) is 14.1. The number of amides is 4. The Bertz CT molecular complexity index is 1240. The maximum absolute atomic E-state index is 13.5. The minimum absolute atomic E-state index is 0.0108. The quantitative estimate of drug-likeness (QED) is 0.130. The van der Waals surface area contributed by atoms with Crippen LogP contribution in [0.4, 0.5) is 0 Å². The van der Waals surface area contributed by atoms with Crippen molar-refractivity contribution in [2.45, 2.75) is 70.1 Å². The van der Waals surface area contributed by atoms with Crippen LogP contribution in [0.5, 0.6) is 0 Å². The Morgan fingerprint density at radius 1 is 0.900 bits per heavy atom. The molecule has 2 aromatic rings. The highest BCUT2D eigenvalue weighted by atomic mass is 16.4. The maximum Gasteiger partial charge on any atom is 0.326 e. The van der Waals surface area contributed by atoms with Gasteiger partial charge in [-0.05, 0) is 30.4 Å². The number of para-hydroxylation sites is 1. The summed E-state index contributed by atoms with van der Waals surface area (Å²) in [7, 11) is 0. The summed E-state index contributed by atoms with van der Waals surface area (Å²) in [5.74, 6) is -6.16. The summed E-state index contributed by atoms with van der Waals surface area (Å²) < 4.78 is 0. The van der Waals surface area contributed by atoms with Crippen LogP contribution in [-0.4, -0.2) is 74.9 Å². The number of nitrogens with two attached hydrogens (primary N) is 2. The van der Waals surface area contributed by atoms with Crippen LogP contribution in [0.25, 0.3) is 10.9 Å². The first kappa shape index (κ1) is 31.8. The van der Waals surface area contributed by atoms with Crippen molar-refractivity contribution in [2.75, 3.05) is 0 Å². The highest BCUT2D eigenvalue weighted by Crippen LogP contribution is 2.19. The van der Waals surface area contributed by atoms with Crippen LogP contribution in [-0.2, 0) is 35.2 Å². The average molecular weight is 561 g/mol. The van der Waals surface area contributed by atoms with E-state index >= 15 is 0 Å². The predicted molar refractivity (Wildman–Crippen MR) is 144 cm³/mol. The summed E-state index contributed by atoms with van der Waals surface area (Å²) in [6.07, 6.45) is 0.505. The van der Waals surface area contributed by atoms with Crippen LogP contribution in [0.15, 0.2) is 30.5 Å². The number of carbonyl (C=O) groups is 6. The summed E-state index contributed by atoms with van der Waals surface area (Å²) in [5.41, 5.74) is 12.7. The zero-order valence-corrected chi connectivity index (χ0v) is 22.3. The van der Waals surface area contributed by atoms with Gasteiger partial charge in [0.1, 0.15) is 18.1 Å². The Hall–Kier alpha value is -4.46. The zero-order chi connectivity index (χ0) is 30.0. The largest absolute Gasteiger partial charge is 0.481 e. The number of nitrogens with one attached hydrogen (secondary N) is 4. The van der Waals surface area contributed by atoms with Gasteiger partial charge in [-0.15, -0.1) is 0 Å². The SMILES string of the molecule is CC(C)CC(N)C(=O)NC(Cc1c[nH]c2ccccc12)C(=O)NC(CCC(N)=O)C(=O)NC(CC(=O)O)C(=O)O. The molecule has 1 heterocycles. The van der Waals surface area contributed by atoms with Gasteiger partial charge >= 0.3 is 11.9 Å². The molecule has 4 atom stereocenters. The van der Waals surface area contributed by atoms with Crippen LogP contribution in [0.3, 0.4) is 0 Å². The first-order valence-electron chi connectivity index (χ1n) is 12.7. The molecule has 4 unspecified atom stereocenters. The van der Waals surface area contributed by atoms with Gasteiger partial charge in [-0.25, -0.2) is 4.79 Å². The molecule has 0 bridgehead atoms. The summed E-state index contributed by atoms with van der Waals surface area (Å²) in [6.45, 7) is 3.78. The average Bonchev–Trinajstić information content (AvgIpc) is 3.27. The second-order valence-electron chi connectivity index (χ2n) is 9.92. The van der Waals surface area contributed by atoms with Crippen LogP contribution in [0.2, 0.25) is 0 Å². The highest BCUT2D eigenvalue weighted by Gasteiger charge is 2.32. The molecule has 1 aromatic heterocycles. The number of H-pyrrole nitrogens is 1. The molecule has 10 N–H and O–H groups in total. The third-order valence-corrected chi connectivity index (χ3v) is 6.10. The van der Waals surface area contributed by atoms with Crippen LogP contribution < -0.4 is 27.4 Å². The fourth-order valence-electron chi connectivity index (χ4n) is 4.10. The van der Waals surface area contributed by atoms with E-state index in [0.717, 1.165) is 10.9 Å². The molecule has 4 amide bonds. The van der Waals surface area contributed by atoms with Crippen molar-refractivity contribution >= 4 is 46.5 Å². The highest BCUT2D eigenvalue weighted by molar-refractivity contribution is 5.95. The third-order valence-electron chi connectivity index (χ3n) is 6.10. The standard InChI is InChI=1S/C26H36N6O8/c1-13(2)9-16(27)23(36)31-19(10-14-12-29-17-6-4-3-5-15(14)17)25(38)30-18(7-8-21(28)33)24(37)32-20(26(39)40)11-22(34)35/h3-6,12-13,16,18-20,29H,7-11,27H2,1-2H3,(H2,28,33)(H,30,38)(H,31,36)(H,32,37)(H,34,35)(H,39,40). The fraction of sp³-hybridized carbons (Fsp3) is 0.462. The number of carboxylic acids is 2. The number of aromatic nitrogens is 1. The molecule has 0 aliphatic carbocycles. The van der Waals surface area contributed by atoms with Gasteiger partial charge < -0.3 is 42.6 Å². The molecule has 14 nitrogen and oxygen atoms in total. The van der Waals surface area contributed by atoms with Crippen molar-refractivity contribution in [3.05, 3.63) is 36.0 Å². The minimum Gasteiger partial charge on any atom is -0.481 e. The van der Waals surface area contributed by atoms with E-state index in [1.165, 1.54) is 0 Å². The van der Waals surface area contributed by atoms with Crippen LogP contribution >= 0.6 is 0 Å². The van der Waals surface area contributed by atoms with E-state index in [1.807, 2.05) is 38.1 Å². The molecule has 0 saturated heterocycles. The predicted octanol–water partition coefficient (Wildman–Crippen LogP) is -0.637. The summed E-state index contributed by atoms with van der Waals surface area (Å²) in [6, 6.07) is 1.96. The van der Waals surface area contributed by atoms with Crippen LogP contribution in [0.1, 0.15) is 45.1 Å². The third kappa shape index (κ3) is 9.69. The first-order valence-corrected chi connectivity index (χ1v) is 12.7. The molecule has 0 fully saturated rings. The number of aliphatic carboxylic acids is 2. The van der Waals surface area contributed by atoms with Gasteiger partial charge in [-0.2, -0.15) is 0 Å². The lowest BCUT2D eigenvalue weighted by atomic mass is 10.0. The van der Waals surface area contributed by atoms with Gasteiger partial charge in [0.2, 0.25) is 23.6 Å². The van der Waals surface area contributed by atoms with E-state index < -0.39 is 66.2 Å². The number of fused-ring (bicyclic) bond motifs is 1. The van der Waals surface area contributed by atoms with Crippen molar-refractivity contribution in [2.24, 2.45) is 17.4 Å². The van der Waals surface area contributed by atoms with Crippen molar-refractivity contribution in [1.29, 1.82) is 0 Å². The number of primary amides is 1. The van der Waals surface area contributed by atoms with Gasteiger partial charge in [0.05, 0.1) is 12.5 Å². The number of hydrogen-bond acceptors (Lipinski definition) is 7. The van der Waals surface area contributed by atoms with Gasteiger partial charge in [-0.3, -0.25) is 24.0 Å². The monoisotopic (exact) mass is 560 g/mol. The number of hydrogen-bond donors (Lipinski definition) is 8. The van der Waals surface area contributed by atoms with E-state index in [9.17, 15) is 33.9 Å². The van der Waals surface area contributed by atoms with E-state index in [4.69, 9.17) is 16.6 Å². The lowest BCUT2D eigenvalue weighted by molar-refractivity contribution is -0.147. The lowest BCUT2D eigenvalue weighted by Crippen LogP contribution is -2.58. The molecule has 0 aliphatic heterocycles. The van der Waals surface area contributed by atoms with Gasteiger partial charge in [0.25, 0.3) is 0 Å². The molecule has 0 radical (unpaired) electrons. The smallest absolute Gasteiger partial charge is 0.326 e. The Kier molecular flexibility index (Phi) is 11.6. The molecule has 218 valence electrons. The Morgan fingerprint density at radius 2 is 1.50 bits per heavy atom. The van der Waals surface area contributed by atoms with Gasteiger partial charge in [0.15, 0.2) is 0 Å². The van der Waals surface area contributed by atoms with Crippen molar-refractivity contribution in [3.8, 4) is 0 Å². The fourth-order valence-corrected chi connectivity index (χ4v) is 4.10. The minimum atomic E-state index is -1.78. The van der Waals surface area contributed by atoms with Crippen molar-refractivity contribution < 1.29 is 39.0 Å². The molecular formula is C26H36N6O8. The molecule has 40 heavy (non-hydrogen) atoms. The van der Waals surface area contributed by atoms with E-state index in [2.05, 4.69) is 20.9 Å². The molecule has 0 saturated carbocycles.